The molecule has 1 aliphatic carbocycles. The molecule has 0 saturated carbocycles. The van der Waals surface area contributed by atoms with Crippen molar-refractivity contribution in [3.8, 4) is 5.75 Å². The fourth-order valence-electron chi connectivity index (χ4n) is 3.97. The van der Waals surface area contributed by atoms with E-state index in [0.29, 0.717) is 24.4 Å². The summed E-state index contributed by atoms with van der Waals surface area (Å²) in [6.07, 6.45) is 0. The molecule has 0 radical (unpaired) electrons. The van der Waals surface area contributed by atoms with Crippen LogP contribution in [0.3, 0.4) is 0 Å². The lowest BCUT2D eigenvalue weighted by atomic mass is 9.91. The Hall–Kier alpha value is -1.87. The zero-order valence-corrected chi connectivity index (χ0v) is 12.7. The Labute approximate surface area is 130 Å². The van der Waals surface area contributed by atoms with Crippen LogP contribution >= 0.6 is 0 Å². The maximum Gasteiger partial charge on any atom is 0.123 e. The summed E-state index contributed by atoms with van der Waals surface area (Å²) in [7, 11) is 0. The zero-order valence-electron chi connectivity index (χ0n) is 12.7. The van der Waals surface area contributed by atoms with Gasteiger partial charge in [0.25, 0.3) is 0 Å². The van der Waals surface area contributed by atoms with Crippen molar-refractivity contribution in [2.45, 2.75) is 25.4 Å². The molecule has 1 N–H and O–H groups in total. The first kappa shape index (κ1) is 13.8. The fraction of sp³-hybridized carbons (Fsp3) is 0.368. The fourth-order valence-corrected chi connectivity index (χ4v) is 3.97. The molecule has 2 nitrogen and oxygen atoms in total. The number of benzene rings is 2. The highest BCUT2D eigenvalue weighted by Crippen LogP contribution is 2.48. The molecule has 0 bridgehead atoms. The third-order valence-electron chi connectivity index (χ3n) is 5.15. The van der Waals surface area contributed by atoms with Gasteiger partial charge in [-0.25, -0.2) is 4.39 Å². The Morgan fingerprint density at radius 2 is 2.05 bits per heavy atom. The van der Waals surface area contributed by atoms with Crippen LogP contribution in [-0.4, -0.2) is 13.1 Å². The quantitative estimate of drug-likeness (QED) is 0.930. The summed E-state index contributed by atoms with van der Waals surface area (Å²) in [5, 5.41) is 3.50. The minimum atomic E-state index is -0.219. The molecule has 114 valence electrons. The molecule has 22 heavy (non-hydrogen) atoms. The van der Waals surface area contributed by atoms with Gasteiger partial charge in [0.2, 0.25) is 0 Å². The minimum Gasteiger partial charge on any atom is -0.489 e. The summed E-state index contributed by atoms with van der Waals surface area (Å²) >= 11 is 0. The highest BCUT2D eigenvalue weighted by atomic mass is 19.1. The maximum atomic E-state index is 13.2. The van der Waals surface area contributed by atoms with E-state index in [1.54, 1.807) is 6.07 Å². The number of hydrogen-bond donors (Lipinski definition) is 1. The normalized spacial score (nSPS) is 25.8. The van der Waals surface area contributed by atoms with Gasteiger partial charge in [-0.3, -0.25) is 0 Å². The van der Waals surface area contributed by atoms with Crippen LogP contribution in [0.4, 0.5) is 4.39 Å². The number of halogens is 1. The van der Waals surface area contributed by atoms with Crippen molar-refractivity contribution in [3.05, 3.63) is 65.0 Å². The van der Waals surface area contributed by atoms with Crippen LogP contribution in [0.2, 0.25) is 0 Å². The topological polar surface area (TPSA) is 21.3 Å². The highest BCUT2D eigenvalue weighted by Gasteiger charge is 2.41. The second kappa shape index (κ2) is 5.40. The monoisotopic (exact) mass is 297 g/mol. The summed E-state index contributed by atoms with van der Waals surface area (Å²) < 4.78 is 19.1. The first-order chi connectivity index (χ1) is 10.7. The molecule has 3 heteroatoms. The summed E-state index contributed by atoms with van der Waals surface area (Å²) in [5.41, 5.74) is 3.75. The van der Waals surface area contributed by atoms with Gasteiger partial charge in [0.1, 0.15) is 18.2 Å². The lowest BCUT2D eigenvalue weighted by Gasteiger charge is -2.12. The van der Waals surface area contributed by atoms with Crippen molar-refractivity contribution in [1.29, 1.82) is 0 Å². The summed E-state index contributed by atoms with van der Waals surface area (Å²) in [6.45, 7) is 4.90. The van der Waals surface area contributed by atoms with Gasteiger partial charge in [-0.15, -0.1) is 0 Å². The maximum absolute atomic E-state index is 13.2. The second-order valence-electron chi connectivity index (χ2n) is 6.43. The second-order valence-corrected chi connectivity index (χ2v) is 6.43. The molecular weight excluding hydrogens is 277 g/mol. The molecule has 2 aliphatic rings. The first-order valence-electron chi connectivity index (χ1n) is 7.94. The Balaban J connectivity index is 1.54. The van der Waals surface area contributed by atoms with Gasteiger partial charge >= 0.3 is 0 Å². The average molecular weight is 297 g/mol. The average Bonchev–Trinajstić information content (AvgIpc) is 3.09. The van der Waals surface area contributed by atoms with Crippen LogP contribution in [0.5, 0.6) is 5.75 Å². The predicted octanol–water partition coefficient (Wildman–Crippen LogP) is 3.82. The van der Waals surface area contributed by atoms with E-state index in [1.807, 2.05) is 12.1 Å². The van der Waals surface area contributed by atoms with Crippen molar-refractivity contribution in [1.82, 2.24) is 5.32 Å². The SMILES string of the molecule is CC1c2ccc(OCc3cccc(F)c3)cc2C2CNCC12. The van der Waals surface area contributed by atoms with Crippen LogP contribution in [-0.2, 0) is 6.61 Å². The molecule has 1 fully saturated rings. The number of ether oxygens (including phenoxy) is 1. The number of fused-ring (bicyclic) bond motifs is 3. The lowest BCUT2D eigenvalue weighted by molar-refractivity contribution is 0.305. The smallest absolute Gasteiger partial charge is 0.123 e. The van der Waals surface area contributed by atoms with Crippen molar-refractivity contribution < 1.29 is 9.13 Å². The standard InChI is InChI=1S/C19H20FNO/c1-12-16-6-5-15(8-17(16)19-10-21-9-18(12)19)22-11-13-3-2-4-14(20)7-13/h2-8,12,18-19,21H,9-11H2,1H3. The van der Waals surface area contributed by atoms with Crippen molar-refractivity contribution in [2.24, 2.45) is 5.92 Å². The molecule has 3 atom stereocenters. The molecule has 2 aromatic rings. The Morgan fingerprint density at radius 3 is 2.91 bits per heavy atom. The van der Waals surface area contributed by atoms with Crippen LogP contribution in [0.25, 0.3) is 0 Å². The number of rotatable bonds is 3. The van der Waals surface area contributed by atoms with E-state index < -0.39 is 0 Å². The van der Waals surface area contributed by atoms with Gasteiger partial charge in [-0.05, 0) is 59.3 Å². The third-order valence-corrected chi connectivity index (χ3v) is 5.15. The summed E-state index contributed by atoms with van der Waals surface area (Å²) in [6, 6.07) is 13.0. The van der Waals surface area contributed by atoms with E-state index in [2.05, 4.69) is 24.4 Å². The van der Waals surface area contributed by atoms with E-state index >= 15 is 0 Å². The van der Waals surface area contributed by atoms with Gasteiger partial charge in [0, 0.05) is 12.5 Å². The molecule has 0 aromatic heterocycles. The van der Waals surface area contributed by atoms with Crippen molar-refractivity contribution in [3.63, 3.8) is 0 Å². The first-order valence-corrected chi connectivity index (χ1v) is 7.94. The largest absolute Gasteiger partial charge is 0.489 e. The van der Waals surface area contributed by atoms with E-state index in [4.69, 9.17) is 4.74 Å². The van der Waals surface area contributed by atoms with Gasteiger partial charge in [-0.2, -0.15) is 0 Å². The van der Waals surface area contributed by atoms with E-state index in [0.717, 1.165) is 24.4 Å². The van der Waals surface area contributed by atoms with Crippen LogP contribution < -0.4 is 10.1 Å². The lowest BCUT2D eigenvalue weighted by Crippen LogP contribution is -2.12. The van der Waals surface area contributed by atoms with Crippen LogP contribution in [0.15, 0.2) is 42.5 Å². The molecule has 0 amide bonds. The summed E-state index contributed by atoms with van der Waals surface area (Å²) in [5.74, 6) is 2.61. The molecule has 1 heterocycles. The molecule has 4 rings (SSSR count). The van der Waals surface area contributed by atoms with Gasteiger partial charge in [-0.1, -0.05) is 25.1 Å². The predicted molar refractivity (Wildman–Crippen MR) is 84.7 cm³/mol. The van der Waals surface area contributed by atoms with Gasteiger partial charge < -0.3 is 10.1 Å². The number of nitrogens with one attached hydrogen (secondary N) is 1. The van der Waals surface area contributed by atoms with Gasteiger partial charge in [0.05, 0.1) is 0 Å². The Bertz CT molecular complexity index is 700. The van der Waals surface area contributed by atoms with E-state index in [1.165, 1.54) is 23.3 Å². The molecular formula is C19H20FNO. The Morgan fingerprint density at radius 1 is 1.14 bits per heavy atom. The molecule has 0 spiro atoms. The van der Waals surface area contributed by atoms with Gasteiger partial charge in [0.15, 0.2) is 0 Å². The summed E-state index contributed by atoms with van der Waals surface area (Å²) in [4.78, 5) is 0. The van der Waals surface area contributed by atoms with Crippen LogP contribution in [0, 0.1) is 11.7 Å². The number of hydrogen-bond acceptors (Lipinski definition) is 2. The van der Waals surface area contributed by atoms with E-state index in [-0.39, 0.29) is 5.82 Å². The molecule has 2 aromatic carbocycles. The minimum absolute atomic E-state index is 0.219. The third kappa shape index (κ3) is 2.30. The molecule has 1 aliphatic heterocycles. The molecule has 1 saturated heterocycles. The van der Waals surface area contributed by atoms with Crippen molar-refractivity contribution in [2.75, 3.05) is 13.1 Å². The van der Waals surface area contributed by atoms with Crippen molar-refractivity contribution >= 4 is 0 Å². The highest BCUT2D eigenvalue weighted by molar-refractivity contribution is 5.45. The molecule has 3 unspecified atom stereocenters. The van der Waals surface area contributed by atoms with Crippen LogP contribution in [0.1, 0.15) is 35.4 Å². The Kier molecular flexibility index (Phi) is 3.38. The zero-order chi connectivity index (χ0) is 15.1. The van der Waals surface area contributed by atoms with E-state index in [9.17, 15) is 4.39 Å².